The third-order valence-corrected chi connectivity index (χ3v) is 4.49. The third-order valence-electron chi connectivity index (χ3n) is 3.40. The van der Waals surface area contributed by atoms with Gasteiger partial charge in [0.15, 0.2) is 12.1 Å². The zero-order chi connectivity index (χ0) is 16.5. The lowest BCUT2D eigenvalue weighted by Crippen LogP contribution is -2.11. The quantitative estimate of drug-likeness (QED) is 0.603. The van der Waals surface area contributed by atoms with Crippen LogP contribution in [0.5, 0.6) is 0 Å². The molecule has 0 atom stereocenters. The molecule has 2 heterocycles. The Hall–Kier alpha value is -3.06. The Labute approximate surface area is 139 Å². The van der Waals surface area contributed by atoms with Crippen molar-refractivity contribution < 1.29 is 13.6 Å². The van der Waals surface area contributed by atoms with Crippen LogP contribution in [0.1, 0.15) is 10.5 Å². The van der Waals surface area contributed by atoms with Crippen molar-refractivity contribution in [3.63, 3.8) is 0 Å². The topological polar surface area (TPSA) is 68.0 Å². The number of nitrogens with one attached hydrogen (secondary N) is 1. The number of aromatic nitrogens is 2. The number of anilines is 1. The summed E-state index contributed by atoms with van der Waals surface area (Å²) in [5.74, 6) is -0.630. The highest BCUT2D eigenvalue weighted by molar-refractivity contribution is 7.21. The van der Waals surface area contributed by atoms with Crippen LogP contribution < -0.4 is 5.32 Å². The molecule has 0 fully saturated rings. The van der Waals surface area contributed by atoms with Crippen molar-refractivity contribution in [1.82, 2.24) is 9.97 Å². The van der Waals surface area contributed by atoms with E-state index in [0.29, 0.717) is 5.69 Å². The van der Waals surface area contributed by atoms with E-state index in [1.807, 2.05) is 6.07 Å². The Morgan fingerprint density at radius 3 is 2.75 bits per heavy atom. The third kappa shape index (κ3) is 2.77. The zero-order valence-electron chi connectivity index (χ0n) is 12.2. The van der Waals surface area contributed by atoms with E-state index in [4.69, 9.17) is 4.42 Å². The van der Waals surface area contributed by atoms with Crippen molar-refractivity contribution in [3.8, 4) is 10.6 Å². The predicted octanol–water partition coefficient (Wildman–Crippen LogP) is 4.34. The first-order valence-corrected chi connectivity index (χ1v) is 7.87. The zero-order valence-corrected chi connectivity index (χ0v) is 13.0. The first-order chi connectivity index (χ1) is 11.7. The Morgan fingerprint density at radius 2 is 2.00 bits per heavy atom. The normalized spacial score (nSPS) is 10.9. The molecular weight excluding hydrogens is 329 g/mol. The van der Waals surface area contributed by atoms with E-state index in [1.165, 1.54) is 36.1 Å². The maximum absolute atomic E-state index is 13.0. The Bertz CT molecular complexity index is 1010. The lowest BCUT2D eigenvalue weighted by atomic mass is 10.2. The fourth-order valence-electron chi connectivity index (χ4n) is 2.24. The van der Waals surface area contributed by atoms with Crippen LogP contribution in [0.3, 0.4) is 0 Å². The molecule has 5 nitrogen and oxygen atoms in total. The van der Waals surface area contributed by atoms with E-state index in [2.05, 4.69) is 15.3 Å². The summed E-state index contributed by atoms with van der Waals surface area (Å²) in [6.07, 6.45) is 2.48. The molecule has 0 aliphatic carbocycles. The van der Waals surface area contributed by atoms with Gasteiger partial charge in [0, 0.05) is 11.3 Å². The summed E-state index contributed by atoms with van der Waals surface area (Å²) in [6, 6.07) is 11.7. The van der Waals surface area contributed by atoms with E-state index >= 15 is 0 Å². The maximum atomic E-state index is 13.0. The standard InChI is InChI=1S/C17H10FN3O2S/c18-11-3-1-10(2-4-11)17-21-13-7-12(5-6-15(13)24-17)20-16(22)14-8-23-9-19-14/h1-9H,(H,20,22). The fraction of sp³-hybridized carbons (Fsp3) is 0. The molecule has 118 valence electrons. The minimum Gasteiger partial charge on any atom is -0.451 e. The molecule has 0 saturated carbocycles. The minimum atomic E-state index is -0.350. The van der Waals surface area contributed by atoms with Gasteiger partial charge in [0.2, 0.25) is 0 Å². The minimum absolute atomic E-state index is 0.209. The van der Waals surface area contributed by atoms with Gasteiger partial charge in [0.1, 0.15) is 17.1 Å². The van der Waals surface area contributed by atoms with Gasteiger partial charge in [-0.1, -0.05) is 0 Å². The second kappa shape index (κ2) is 5.86. The molecule has 1 N–H and O–H groups in total. The Morgan fingerprint density at radius 1 is 1.17 bits per heavy atom. The van der Waals surface area contributed by atoms with Crippen molar-refractivity contribution in [2.24, 2.45) is 0 Å². The second-order valence-corrected chi connectivity index (χ2v) is 6.07. The summed E-state index contributed by atoms with van der Waals surface area (Å²) in [5, 5.41) is 3.54. The number of amides is 1. The van der Waals surface area contributed by atoms with Gasteiger partial charge < -0.3 is 9.73 Å². The van der Waals surface area contributed by atoms with Crippen LogP contribution in [0.4, 0.5) is 10.1 Å². The van der Waals surface area contributed by atoms with Crippen molar-refractivity contribution in [2.45, 2.75) is 0 Å². The Kier molecular flexibility index (Phi) is 3.55. The molecule has 0 aliphatic heterocycles. The lowest BCUT2D eigenvalue weighted by molar-refractivity contribution is 0.102. The van der Waals surface area contributed by atoms with Crippen LogP contribution >= 0.6 is 11.3 Å². The average Bonchev–Trinajstić information content (AvgIpc) is 3.24. The summed E-state index contributed by atoms with van der Waals surface area (Å²) in [6.45, 7) is 0. The number of carbonyl (C=O) groups excluding carboxylic acids is 1. The van der Waals surface area contributed by atoms with Crippen LogP contribution in [-0.4, -0.2) is 15.9 Å². The average molecular weight is 339 g/mol. The van der Waals surface area contributed by atoms with Gasteiger partial charge in [0.25, 0.3) is 5.91 Å². The van der Waals surface area contributed by atoms with Gasteiger partial charge in [-0.2, -0.15) is 0 Å². The Balaban J connectivity index is 1.63. The monoisotopic (exact) mass is 339 g/mol. The number of nitrogens with zero attached hydrogens (tertiary/aromatic N) is 2. The van der Waals surface area contributed by atoms with Crippen LogP contribution in [0.15, 0.2) is 59.5 Å². The molecule has 0 radical (unpaired) electrons. The summed E-state index contributed by atoms with van der Waals surface area (Å²) in [7, 11) is 0. The lowest BCUT2D eigenvalue weighted by Gasteiger charge is -2.02. The van der Waals surface area contributed by atoms with Crippen LogP contribution in [0, 0.1) is 5.82 Å². The molecule has 2 aromatic carbocycles. The van der Waals surface area contributed by atoms with E-state index in [-0.39, 0.29) is 17.4 Å². The molecular formula is C17H10FN3O2S. The SMILES string of the molecule is O=C(Nc1ccc2sc(-c3ccc(F)cc3)nc2c1)c1cocn1. The molecule has 0 saturated heterocycles. The molecule has 7 heteroatoms. The smallest absolute Gasteiger partial charge is 0.277 e. The highest BCUT2D eigenvalue weighted by Gasteiger charge is 2.11. The van der Waals surface area contributed by atoms with E-state index in [9.17, 15) is 9.18 Å². The molecule has 0 aliphatic rings. The van der Waals surface area contributed by atoms with E-state index in [1.54, 1.807) is 24.3 Å². The molecule has 4 aromatic rings. The van der Waals surface area contributed by atoms with Gasteiger partial charge >= 0.3 is 0 Å². The number of oxazole rings is 1. The number of halogens is 1. The number of carbonyl (C=O) groups is 1. The number of hydrogen-bond donors (Lipinski definition) is 1. The first-order valence-electron chi connectivity index (χ1n) is 7.05. The number of thiazole rings is 1. The number of benzene rings is 2. The van der Waals surface area contributed by atoms with Crippen LogP contribution in [-0.2, 0) is 0 Å². The van der Waals surface area contributed by atoms with Gasteiger partial charge in [-0.25, -0.2) is 14.4 Å². The number of fused-ring (bicyclic) bond motifs is 1. The second-order valence-electron chi connectivity index (χ2n) is 5.04. The summed E-state index contributed by atoms with van der Waals surface area (Å²) in [4.78, 5) is 20.3. The molecule has 0 bridgehead atoms. The number of rotatable bonds is 3. The largest absolute Gasteiger partial charge is 0.451 e. The molecule has 24 heavy (non-hydrogen) atoms. The van der Waals surface area contributed by atoms with Crippen LogP contribution in [0.2, 0.25) is 0 Å². The van der Waals surface area contributed by atoms with Gasteiger partial charge in [-0.3, -0.25) is 4.79 Å². The number of hydrogen-bond acceptors (Lipinski definition) is 5. The summed E-state index contributed by atoms with van der Waals surface area (Å²) in [5.41, 5.74) is 2.44. The highest BCUT2D eigenvalue weighted by atomic mass is 32.1. The molecule has 2 aromatic heterocycles. The highest BCUT2D eigenvalue weighted by Crippen LogP contribution is 2.31. The van der Waals surface area contributed by atoms with E-state index < -0.39 is 0 Å². The molecule has 4 rings (SSSR count). The van der Waals surface area contributed by atoms with Gasteiger partial charge in [-0.15, -0.1) is 11.3 Å². The van der Waals surface area contributed by atoms with Crippen molar-refractivity contribution in [3.05, 3.63) is 66.6 Å². The van der Waals surface area contributed by atoms with Crippen LogP contribution in [0.25, 0.3) is 20.8 Å². The molecule has 1 amide bonds. The molecule has 0 unspecified atom stereocenters. The van der Waals surface area contributed by atoms with Crippen molar-refractivity contribution in [1.29, 1.82) is 0 Å². The van der Waals surface area contributed by atoms with Crippen molar-refractivity contribution in [2.75, 3.05) is 5.32 Å². The maximum Gasteiger partial charge on any atom is 0.277 e. The van der Waals surface area contributed by atoms with Gasteiger partial charge in [0.05, 0.1) is 10.2 Å². The first kappa shape index (κ1) is 14.5. The van der Waals surface area contributed by atoms with Gasteiger partial charge in [-0.05, 0) is 42.5 Å². The predicted molar refractivity (Wildman–Crippen MR) is 89.5 cm³/mol. The van der Waals surface area contributed by atoms with E-state index in [0.717, 1.165) is 20.8 Å². The summed E-state index contributed by atoms with van der Waals surface area (Å²) < 4.78 is 18.8. The molecule has 0 spiro atoms. The fourth-order valence-corrected chi connectivity index (χ4v) is 3.19. The summed E-state index contributed by atoms with van der Waals surface area (Å²) >= 11 is 1.51. The van der Waals surface area contributed by atoms with Crippen molar-refractivity contribution >= 4 is 33.1 Å².